The fourth-order valence-corrected chi connectivity index (χ4v) is 3.50. The second-order valence-electron chi connectivity index (χ2n) is 3.55. The van der Waals surface area contributed by atoms with Crippen molar-refractivity contribution >= 4 is 33.0 Å². The maximum Gasteiger partial charge on any atom is 0.244 e. The number of hydrogen-bond donors (Lipinski definition) is 1. The Morgan fingerprint density at radius 2 is 2.26 bits per heavy atom. The fraction of sp³-hybridized carbons (Fsp3) is 0.182. The van der Waals surface area contributed by atoms with E-state index in [4.69, 9.17) is 16.3 Å². The van der Waals surface area contributed by atoms with Crippen LogP contribution in [0.4, 0.5) is 0 Å². The molecule has 5 nitrogen and oxygen atoms in total. The highest BCUT2D eigenvalue weighted by Gasteiger charge is 2.20. The summed E-state index contributed by atoms with van der Waals surface area (Å²) in [6.07, 6.45) is 1.62. The molecule has 2 rings (SSSR count). The molecule has 1 N–H and O–H groups in total. The third kappa shape index (κ3) is 3.44. The van der Waals surface area contributed by atoms with Gasteiger partial charge in [-0.15, -0.1) is 11.3 Å². The molecular formula is C11H11ClN2O3S2. The smallest absolute Gasteiger partial charge is 0.244 e. The van der Waals surface area contributed by atoms with Gasteiger partial charge in [-0.25, -0.2) is 18.1 Å². The summed E-state index contributed by atoms with van der Waals surface area (Å²) < 4.78 is 31.9. The molecule has 0 amide bonds. The van der Waals surface area contributed by atoms with Crippen LogP contribution in [0.3, 0.4) is 0 Å². The lowest BCUT2D eigenvalue weighted by Gasteiger charge is -2.10. The first-order valence-electron chi connectivity index (χ1n) is 5.24. The first-order chi connectivity index (χ1) is 9.03. The van der Waals surface area contributed by atoms with E-state index in [2.05, 4.69) is 9.71 Å². The van der Waals surface area contributed by atoms with Crippen molar-refractivity contribution in [1.82, 2.24) is 9.71 Å². The molecule has 0 fully saturated rings. The molecule has 0 spiro atoms. The molecule has 8 heteroatoms. The van der Waals surface area contributed by atoms with Gasteiger partial charge in [-0.05, 0) is 18.2 Å². The maximum atomic E-state index is 12.2. The zero-order valence-corrected chi connectivity index (χ0v) is 12.3. The quantitative estimate of drug-likeness (QED) is 0.918. The number of aromatic nitrogens is 1. The molecule has 0 radical (unpaired) electrons. The van der Waals surface area contributed by atoms with Gasteiger partial charge in [0.1, 0.15) is 15.7 Å². The number of ether oxygens (including phenoxy) is 1. The highest BCUT2D eigenvalue weighted by atomic mass is 35.5. The molecule has 0 atom stereocenters. The fourth-order valence-electron chi connectivity index (χ4n) is 1.44. The highest BCUT2D eigenvalue weighted by Crippen LogP contribution is 2.27. The van der Waals surface area contributed by atoms with Crippen LogP contribution >= 0.6 is 22.9 Å². The lowest BCUT2D eigenvalue weighted by Crippen LogP contribution is -2.23. The van der Waals surface area contributed by atoms with Crippen LogP contribution in [0.25, 0.3) is 0 Å². The van der Waals surface area contributed by atoms with Crippen molar-refractivity contribution in [2.24, 2.45) is 0 Å². The van der Waals surface area contributed by atoms with Crippen LogP contribution in [0, 0.1) is 0 Å². The average molecular weight is 319 g/mol. The second kappa shape index (κ2) is 5.87. The van der Waals surface area contributed by atoms with Crippen LogP contribution in [-0.4, -0.2) is 20.5 Å². The van der Waals surface area contributed by atoms with Crippen LogP contribution in [-0.2, 0) is 16.6 Å². The van der Waals surface area contributed by atoms with Crippen molar-refractivity contribution in [3.8, 4) is 5.75 Å². The molecule has 2 aromatic rings. The number of benzene rings is 1. The van der Waals surface area contributed by atoms with Gasteiger partial charge >= 0.3 is 0 Å². The predicted octanol–water partition coefficient (Wildman–Crippen LogP) is 2.28. The van der Waals surface area contributed by atoms with E-state index in [0.717, 1.165) is 0 Å². The lowest BCUT2D eigenvalue weighted by molar-refractivity contribution is 0.402. The van der Waals surface area contributed by atoms with E-state index >= 15 is 0 Å². The van der Waals surface area contributed by atoms with E-state index < -0.39 is 10.0 Å². The van der Waals surface area contributed by atoms with Gasteiger partial charge in [-0.3, -0.25) is 0 Å². The minimum Gasteiger partial charge on any atom is -0.495 e. The number of methoxy groups -OCH3 is 1. The van der Waals surface area contributed by atoms with E-state index in [1.165, 1.54) is 30.6 Å². The van der Waals surface area contributed by atoms with Gasteiger partial charge in [0, 0.05) is 16.6 Å². The van der Waals surface area contributed by atoms with Crippen molar-refractivity contribution in [1.29, 1.82) is 0 Å². The number of nitrogens with one attached hydrogen (secondary N) is 1. The summed E-state index contributed by atoms with van der Waals surface area (Å²) >= 11 is 7.20. The summed E-state index contributed by atoms with van der Waals surface area (Å²) in [5, 5.41) is 2.80. The van der Waals surface area contributed by atoms with Crippen molar-refractivity contribution in [2.45, 2.75) is 11.4 Å². The summed E-state index contributed by atoms with van der Waals surface area (Å²) in [4.78, 5) is 4.02. The summed E-state index contributed by atoms with van der Waals surface area (Å²) in [6, 6.07) is 4.44. The summed E-state index contributed by atoms with van der Waals surface area (Å²) in [7, 11) is -2.29. The van der Waals surface area contributed by atoms with E-state index in [1.54, 1.807) is 17.6 Å². The van der Waals surface area contributed by atoms with Gasteiger partial charge in [-0.1, -0.05) is 11.6 Å². The van der Waals surface area contributed by atoms with Gasteiger partial charge in [-0.2, -0.15) is 0 Å². The summed E-state index contributed by atoms with van der Waals surface area (Å²) in [6.45, 7) is 0.135. The molecule has 0 bridgehead atoms. The maximum absolute atomic E-state index is 12.2. The van der Waals surface area contributed by atoms with Crippen LogP contribution in [0.5, 0.6) is 5.75 Å². The lowest BCUT2D eigenvalue weighted by atomic mass is 10.3. The van der Waals surface area contributed by atoms with E-state index in [1.807, 2.05) is 0 Å². The van der Waals surface area contributed by atoms with Crippen molar-refractivity contribution in [2.75, 3.05) is 7.11 Å². The van der Waals surface area contributed by atoms with Crippen LogP contribution in [0.2, 0.25) is 5.02 Å². The van der Waals surface area contributed by atoms with Gasteiger partial charge in [0.2, 0.25) is 10.0 Å². The minimum absolute atomic E-state index is 0.0130. The molecule has 1 heterocycles. The Labute approximate surface area is 120 Å². The molecule has 0 saturated carbocycles. The zero-order chi connectivity index (χ0) is 13.9. The number of nitrogens with zero attached hydrogens (tertiary/aromatic N) is 1. The normalized spacial score (nSPS) is 11.5. The number of thiazole rings is 1. The third-order valence-electron chi connectivity index (χ3n) is 2.31. The van der Waals surface area contributed by atoms with Crippen LogP contribution in [0.1, 0.15) is 5.01 Å². The Morgan fingerprint density at radius 3 is 2.89 bits per heavy atom. The SMILES string of the molecule is COc1ccc(Cl)cc1S(=O)(=O)NCc1nccs1. The number of rotatable bonds is 5. The van der Waals surface area contributed by atoms with Crippen molar-refractivity contribution in [3.05, 3.63) is 39.8 Å². The molecule has 1 aromatic carbocycles. The van der Waals surface area contributed by atoms with Crippen molar-refractivity contribution in [3.63, 3.8) is 0 Å². The number of hydrogen-bond acceptors (Lipinski definition) is 5. The molecule has 0 unspecified atom stereocenters. The highest BCUT2D eigenvalue weighted by molar-refractivity contribution is 7.89. The molecule has 19 heavy (non-hydrogen) atoms. The predicted molar refractivity (Wildman–Crippen MR) is 74.1 cm³/mol. The first kappa shape index (κ1) is 14.3. The average Bonchev–Trinajstić information content (AvgIpc) is 2.89. The van der Waals surface area contributed by atoms with Gasteiger partial charge in [0.15, 0.2) is 0 Å². The Hall–Kier alpha value is -1.15. The first-order valence-corrected chi connectivity index (χ1v) is 7.98. The van der Waals surface area contributed by atoms with Gasteiger partial charge in [0.05, 0.1) is 13.7 Å². The number of halogens is 1. The Bertz CT molecular complexity index is 657. The standard InChI is InChI=1S/C11H11ClN2O3S2/c1-17-9-3-2-8(12)6-10(9)19(15,16)14-7-11-13-4-5-18-11/h2-6,14H,7H2,1H3. The third-order valence-corrected chi connectivity index (χ3v) is 4.75. The minimum atomic E-state index is -3.69. The Kier molecular flexibility index (Phi) is 4.41. The molecule has 0 saturated heterocycles. The summed E-state index contributed by atoms with van der Waals surface area (Å²) in [5.74, 6) is 0.246. The molecule has 0 aliphatic heterocycles. The topological polar surface area (TPSA) is 68.3 Å². The Balaban J connectivity index is 2.26. The van der Waals surface area contributed by atoms with Crippen molar-refractivity contribution < 1.29 is 13.2 Å². The molecule has 0 aliphatic rings. The molecule has 0 aliphatic carbocycles. The van der Waals surface area contributed by atoms with E-state index in [-0.39, 0.29) is 17.2 Å². The molecule has 1 aromatic heterocycles. The van der Waals surface area contributed by atoms with Crippen LogP contribution in [0.15, 0.2) is 34.7 Å². The van der Waals surface area contributed by atoms with Gasteiger partial charge < -0.3 is 4.74 Å². The zero-order valence-electron chi connectivity index (χ0n) is 9.96. The van der Waals surface area contributed by atoms with E-state index in [0.29, 0.717) is 10.0 Å². The molecule has 102 valence electrons. The van der Waals surface area contributed by atoms with Crippen LogP contribution < -0.4 is 9.46 Å². The monoisotopic (exact) mass is 318 g/mol. The summed E-state index contributed by atoms with van der Waals surface area (Å²) in [5.41, 5.74) is 0. The number of sulfonamides is 1. The second-order valence-corrected chi connectivity index (χ2v) is 6.70. The molecular weight excluding hydrogens is 308 g/mol. The largest absolute Gasteiger partial charge is 0.495 e. The Morgan fingerprint density at radius 1 is 1.47 bits per heavy atom. The van der Waals surface area contributed by atoms with E-state index in [9.17, 15) is 8.42 Å². The van der Waals surface area contributed by atoms with Gasteiger partial charge in [0.25, 0.3) is 0 Å².